The largest absolute Gasteiger partial charge is 0.0149 e. The Labute approximate surface area is 154 Å². The summed E-state index contributed by atoms with van der Waals surface area (Å²) in [6.45, 7) is 0. The number of hydrogen-bond donors (Lipinski definition) is 12. The van der Waals surface area contributed by atoms with Gasteiger partial charge in [0.05, 0.1) is 0 Å². The summed E-state index contributed by atoms with van der Waals surface area (Å²) in [5.74, 6) is 0. The van der Waals surface area contributed by atoms with E-state index in [1.165, 1.54) is 0 Å². The summed E-state index contributed by atoms with van der Waals surface area (Å²) in [4.78, 5) is 0. The quantitative estimate of drug-likeness (QED) is 0.107. The summed E-state index contributed by atoms with van der Waals surface area (Å²) in [7, 11) is 0. The van der Waals surface area contributed by atoms with Crippen LogP contribution in [0, 0.1) is 0 Å². The fourth-order valence-electron chi connectivity index (χ4n) is 0. The summed E-state index contributed by atoms with van der Waals surface area (Å²) in [5.41, 5.74) is 0. The zero-order valence-corrected chi connectivity index (χ0v) is 16.3. The molecule has 0 spiro atoms. The zero-order chi connectivity index (χ0) is 18.0. The van der Waals surface area contributed by atoms with Crippen LogP contribution in [0.2, 0.25) is 0 Å². The van der Waals surface area contributed by atoms with Crippen molar-refractivity contribution < 1.29 is 64.1 Å². The third-order valence-electron chi connectivity index (χ3n) is 0. The summed E-state index contributed by atoms with van der Waals surface area (Å²) in [6, 6.07) is 0. The van der Waals surface area contributed by atoms with E-state index in [1.807, 2.05) is 0 Å². The van der Waals surface area contributed by atoms with Crippen LogP contribution in [0.25, 0.3) is 0 Å². The van der Waals surface area contributed by atoms with E-state index in [4.69, 9.17) is 64.1 Å². The minimum atomic E-state index is -5.12. The van der Waals surface area contributed by atoms with Crippen molar-refractivity contribution in [3.63, 3.8) is 0 Å². The molecule has 0 aliphatic carbocycles. The maximum Gasteiger partial charge on any atom is -0.0149 e. The Morgan fingerprint density at radius 2 is 0.304 bits per heavy atom. The van der Waals surface area contributed by atoms with E-state index in [2.05, 4.69) is 0 Å². The van der Waals surface area contributed by atoms with E-state index in [9.17, 15) is 0 Å². The van der Waals surface area contributed by atoms with Gasteiger partial charge in [0.15, 0.2) is 0 Å². The van der Waals surface area contributed by atoms with Crippen LogP contribution in [0.15, 0.2) is 0 Å². The second-order valence-electron chi connectivity index (χ2n) is 2.05. The fourth-order valence-corrected chi connectivity index (χ4v) is 0. The minimum absolute atomic E-state index is 0. The van der Waals surface area contributed by atoms with Gasteiger partial charge in [0.1, 0.15) is 0 Å². The van der Waals surface area contributed by atoms with Crippen molar-refractivity contribution >= 4 is 91.0 Å². The molecule has 0 saturated heterocycles. The number of rotatable bonds is 0. The second kappa shape index (κ2) is 18.4. The Balaban J connectivity index is -0.0000000284. The molecule has 0 aromatic heterocycles. The maximum atomic E-state index is 8.94. The molecule has 0 saturated carbocycles. The second-order valence-corrected chi connectivity index (χ2v) is 10.7. The topological polar surface area (TPSA) is 311 Å². The average molecular weight is 664 g/mol. The summed E-state index contributed by atoms with van der Waals surface area (Å²) < 4.78 is 123. The van der Waals surface area contributed by atoms with Gasteiger partial charge in [-0.3, -0.25) is 0 Å². The van der Waals surface area contributed by atoms with Gasteiger partial charge in [-0.15, -0.1) is 0 Å². The molecular formula is H24As4O16Si3. The van der Waals surface area contributed by atoms with Crippen molar-refractivity contribution in [3.05, 3.63) is 0 Å². The molecule has 0 radical (unpaired) electrons. The molecule has 152 valence electrons. The normalized spacial score (nSPS) is 10.3. The van der Waals surface area contributed by atoms with Gasteiger partial charge in [0, 0.05) is 0 Å². The van der Waals surface area contributed by atoms with Gasteiger partial charge >= 0.3 is 122 Å². The molecule has 0 fully saturated rings. The molecule has 23 heavy (non-hydrogen) atoms. The van der Waals surface area contributed by atoms with Crippen molar-refractivity contribution in [2.75, 3.05) is 0 Å². The van der Waals surface area contributed by atoms with Gasteiger partial charge in [-0.2, -0.15) is 0 Å². The molecule has 0 aromatic carbocycles. The predicted molar refractivity (Wildman–Crippen MR) is 86.4 cm³/mol. The molecule has 0 unspecified atom stereocenters. The molecule has 0 rings (SSSR count). The van der Waals surface area contributed by atoms with Crippen LogP contribution < -0.4 is 0 Å². The fraction of sp³-hybridized carbons (Fsp3) is 0. The van der Waals surface area contributed by atoms with E-state index < -0.39 is 58.1 Å². The van der Waals surface area contributed by atoms with E-state index in [1.54, 1.807) is 0 Å². The Morgan fingerprint density at radius 3 is 0.304 bits per heavy atom. The van der Waals surface area contributed by atoms with Gasteiger partial charge in [-0.25, -0.2) is 0 Å². The van der Waals surface area contributed by atoms with Crippen LogP contribution in [0.4, 0.5) is 0 Å². The van der Waals surface area contributed by atoms with Gasteiger partial charge in [0.2, 0.25) is 0 Å². The van der Waals surface area contributed by atoms with E-state index in [-0.39, 0.29) is 32.9 Å². The van der Waals surface area contributed by atoms with Crippen LogP contribution in [-0.4, -0.2) is 140 Å². The molecule has 0 amide bonds. The molecule has 0 aliphatic heterocycles. The first kappa shape index (κ1) is 44.2. The molecule has 0 aromatic rings. The van der Waals surface area contributed by atoms with Crippen molar-refractivity contribution in [2.45, 2.75) is 0 Å². The van der Waals surface area contributed by atoms with Crippen LogP contribution in [0.5, 0.6) is 0 Å². The van der Waals surface area contributed by atoms with Crippen LogP contribution in [-0.2, 0) is 15.0 Å². The first-order valence-corrected chi connectivity index (χ1v) is 16.3. The van der Waals surface area contributed by atoms with Crippen molar-refractivity contribution in [3.8, 4) is 0 Å². The summed E-state index contributed by atoms with van der Waals surface area (Å²) in [6.07, 6.45) is 0. The Bertz CT molecular complexity index is 292. The molecule has 23 heteroatoms. The monoisotopic (exact) mass is 664 g/mol. The smallest absolute Gasteiger partial charge is 0.0149 e. The van der Waals surface area contributed by atoms with Crippen LogP contribution in [0.3, 0.4) is 0 Å². The SMILES string of the molecule is O=[As](O)(O)O.O=[As](O)(O)O.O=[As](O)(O)O.O=[As](O)(O)O.[SiH4].[SiH4].[SiH4]. The number of hydrogen-bond acceptors (Lipinski definition) is 4. The van der Waals surface area contributed by atoms with Gasteiger partial charge in [0.25, 0.3) is 0 Å². The van der Waals surface area contributed by atoms with Crippen molar-refractivity contribution in [2.24, 2.45) is 0 Å². The van der Waals surface area contributed by atoms with E-state index >= 15 is 0 Å². The molecule has 0 bridgehead atoms. The third-order valence-corrected chi connectivity index (χ3v) is 0. The Morgan fingerprint density at radius 1 is 0.304 bits per heavy atom. The molecule has 16 nitrogen and oxygen atoms in total. The summed E-state index contributed by atoms with van der Waals surface area (Å²) in [5, 5.41) is 0. The molecule has 0 heterocycles. The maximum absolute atomic E-state index is 8.94. The Hall–Kier alpha value is 1.60. The van der Waals surface area contributed by atoms with Crippen molar-refractivity contribution in [1.82, 2.24) is 0 Å². The van der Waals surface area contributed by atoms with Crippen LogP contribution >= 0.6 is 0 Å². The zero-order valence-electron chi connectivity index (χ0n) is 8.79. The van der Waals surface area contributed by atoms with Crippen molar-refractivity contribution in [1.29, 1.82) is 0 Å². The summed E-state index contributed by atoms with van der Waals surface area (Å²) >= 11 is -20.5. The van der Waals surface area contributed by atoms with Gasteiger partial charge < -0.3 is 0 Å². The average Bonchev–Trinajstić information content (AvgIpc) is 1.62. The molecule has 12 N–H and O–H groups in total. The van der Waals surface area contributed by atoms with Gasteiger partial charge in [-0.05, 0) is 32.9 Å². The first-order valence-electron chi connectivity index (χ1n) is 3.13. The Kier molecular flexibility index (Phi) is 35.4. The molecule has 0 atom stereocenters. The molecular weight excluding hydrogens is 640 g/mol. The molecule has 0 aliphatic rings. The van der Waals surface area contributed by atoms with E-state index in [0.29, 0.717) is 0 Å². The standard InChI is InChI=1S/4AsH3O4.3H4Si/c4*2-1(3,4)5;;;/h4*(H3,2,3,4,5);3*1H4. The third kappa shape index (κ3) is 4280. The van der Waals surface area contributed by atoms with Crippen LogP contribution in [0.1, 0.15) is 0 Å². The first-order chi connectivity index (χ1) is 8.00. The predicted octanol–water partition coefficient (Wildman–Crippen LogP) is -13.0. The minimum Gasteiger partial charge on any atom is -0.0149 e. The van der Waals surface area contributed by atoms with Gasteiger partial charge in [-0.1, -0.05) is 0 Å². The van der Waals surface area contributed by atoms with E-state index in [0.717, 1.165) is 0 Å².